The predicted octanol–water partition coefficient (Wildman–Crippen LogP) is 5.51. The minimum absolute atomic E-state index is 0.0675. The second kappa shape index (κ2) is 14.1. The van der Waals surface area contributed by atoms with Crippen molar-refractivity contribution in [3.8, 4) is 0 Å². The van der Waals surface area contributed by atoms with Gasteiger partial charge < -0.3 is 10.6 Å². The molecule has 0 aromatic rings. The third-order valence-corrected chi connectivity index (χ3v) is 5.25. The zero-order valence-corrected chi connectivity index (χ0v) is 18.8. The summed E-state index contributed by atoms with van der Waals surface area (Å²) in [7, 11) is 0. The van der Waals surface area contributed by atoms with Crippen molar-refractivity contribution in [2.45, 2.75) is 86.7 Å². The standard InChI is InChI=1S/C18H32Cl4N2O2/c1-3-5-7-11-17(19,20)13-23-15(25)9-10-16(26)24-14-18(21,22)12-8-6-4-2/h3-14H2,1-2H3,(H,23,25)(H,24,26). The molecule has 0 bridgehead atoms. The summed E-state index contributed by atoms with van der Waals surface area (Å²) >= 11 is 24.7. The first-order valence-corrected chi connectivity index (χ1v) is 10.9. The minimum Gasteiger partial charge on any atom is -0.353 e. The van der Waals surface area contributed by atoms with Gasteiger partial charge in [0, 0.05) is 12.8 Å². The van der Waals surface area contributed by atoms with Crippen molar-refractivity contribution in [1.29, 1.82) is 0 Å². The van der Waals surface area contributed by atoms with Crippen LogP contribution in [0.3, 0.4) is 0 Å². The van der Waals surface area contributed by atoms with Gasteiger partial charge in [-0.25, -0.2) is 0 Å². The molecule has 0 saturated heterocycles. The first-order valence-electron chi connectivity index (χ1n) is 9.41. The maximum absolute atomic E-state index is 11.8. The molecule has 2 amide bonds. The minimum atomic E-state index is -0.970. The molecule has 154 valence electrons. The van der Waals surface area contributed by atoms with Crippen LogP contribution in [0.4, 0.5) is 0 Å². The molecule has 0 radical (unpaired) electrons. The van der Waals surface area contributed by atoms with Gasteiger partial charge in [-0.3, -0.25) is 9.59 Å². The van der Waals surface area contributed by atoms with Crippen LogP contribution in [0.5, 0.6) is 0 Å². The van der Waals surface area contributed by atoms with Crippen LogP contribution in [0.15, 0.2) is 0 Å². The van der Waals surface area contributed by atoms with Crippen LogP contribution in [0.2, 0.25) is 0 Å². The number of nitrogens with one attached hydrogen (secondary N) is 2. The maximum Gasteiger partial charge on any atom is 0.220 e. The number of unbranched alkanes of at least 4 members (excludes halogenated alkanes) is 4. The van der Waals surface area contributed by atoms with E-state index in [0.717, 1.165) is 38.5 Å². The molecule has 0 aromatic heterocycles. The molecular formula is C18H32Cl4N2O2. The van der Waals surface area contributed by atoms with Crippen molar-refractivity contribution in [2.75, 3.05) is 13.1 Å². The second-order valence-corrected chi connectivity index (χ2v) is 9.96. The van der Waals surface area contributed by atoms with E-state index in [-0.39, 0.29) is 37.7 Å². The van der Waals surface area contributed by atoms with E-state index in [0.29, 0.717) is 12.8 Å². The number of carbonyl (C=O) groups is 2. The van der Waals surface area contributed by atoms with Crippen LogP contribution in [-0.2, 0) is 9.59 Å². The lowest BCUT2D eigenvalue weighted by molar-refractivity contribution is -0.126. The monoisotopic (exact) mass is 448 g/mol. The summed E-state index contributed by atoms with van der Waals surface area (Å²) in [6.45, 7) is 4.54. The average molecular weight is 450 g/mol. The molecule has 0 aliphatic heterocycles. The van der Waals surface area contributed by atoms with Gasteiger partial charge in [0.1, 0.15) is 8.67 Å². The molecule has 2 N–H and O–H groups in total. The number of halogens is 4. The molecule has 0 atom stereocenters. The van der Waals surface area contributed by atoms with Gasteiger partial charge in [0.25, 0.3) is 0 Å². The van der Waals surface area contributed by atoms with Crippen molar-refractivity contribution in [3.63, 3.8) is 0 Å². The number of hydrogen-bond donors (Lipinski definition) is 2. The van der Waals surface area contributed by atoms with Gasteiger partial charge in [-0.1, -0.05) is 98.8 Å². The van der Waals surface area contributed by atoms with E-state index in [9.17, 15) is 9.59 Å². The molecule has 0 saturated carbocycles. The second-order valence-electron chi connectivity index (χ2n) is 6.68. The van der Waals surface area contributed by atoms with Crippen LogP contribution < -0.4 is 10.6 Å². The van der Waals surface area contributed by atoms with Crippen LogP contribution in [-0.4, -0.2) is 33.6 Å². The SMILES string of the molecule is CCCCCC(Cl)(Cl)CNC(=O)CCC(=O)NCC(Cl)(Cl)CCCCC. The fourth-order valence-electron chi connectivity index (χ4n) is 2.30. The predicted molar refractivity (Wildman–Crippen MR) is 112 cm³/mol. The number of carbonyl (C=O) groups excluding carboxylic acids is 2. The Kier molecular flexibility index (Phi) is 14.2. The Bertz CT molecular complexity index is 380. The molecule has 0 fully saturated rings. The Morgan fingerprint density at radius 1 is 0.692 bits per heavy atom. The van der Waals surface area contributed by atoms with Crippen LogP contribution in [0.25, 0.3) is 0 Å². The summed E-state index contributed by atoms with van der Waals surface area (Å²) < 4.78 is -1.94. The highest BCUT2D eigenvalue weighted by molar-refractivity contribution is 6.49. The number of hydrogen-bond acceptors (Lipinski definition) is 2. The Balaban J connectivity index is 3.95. The van der Waals surface area contributed by atoms with Gasteiger partial charge in [-0.15, -0.1) is 0 Å². The van der Waals surface area contributed by atoms with Crippen molar-refractivity contribution in [2.24, 2.45) is 0 Å². The fraction of sp³-hybridized carbons (Fsp3) is 0.889. The number of amides is 2. The van der Waals surface area contributed by atoms with Crippen molar-refractivity contribution >= 4 is 58.2 Å². The van der Waals surface area contributed by atoms with Gasteiger partial charge in [0.05, 0.1) is 13.1 Å². The van der Waals surface area contributed by atoms with E-state index in [1.165, 1.54) is 0 Å². The largest absolute Gasteiger partial charge is 0.353 e. The summed E-state index contributed by atoms with van der Waals surface area (Å²) in [6, 6.07) is 0. The van der Waals surface area contributed by atoms with Gasteiger partial charge in [0.15, 0.2) is 0 Å². The van der Waals surface area contributed by atoms with Gasteiger partial charge in [0.2, 0.25) is 11.8 Å². The summed E-state index contributed by atoms with van der Waals surface area (Å²) in [5.41, 5.74) is 0. The molecule has 4 nitrogen and oxygen atoms in total. The van der Waals surface area contributed by atoms with Gasteiger partial charge in [-0.05, 0) is 12.8 Å². The normalized spacial score (nSPS) is 12.1. The fourth-order valence-corrected chi connectivity index (χ4v) is 3.11. The van der Waals surface area contributed by atoms with E-state index >= 15 is 0 Å². The van der Waals surface area contributed by atoms with E-state index in [1.54, 1.807) is 0 Å². The third kappa shape index (κ3) is 15.2. The Morgan fingerprint density at radius 2 is 1.04 bits per heavy atom. The molecule has 0 rings (SSSR count). The lowest BCUT2D eigenvalue weighted by atomic mass is 10.1. The topological polar surface area (TPSA) is 58.2 Å². The van der Waals surface area contributed by atoms with E-state index in [4.69, 9.17) is 46.4 Å². The van der Waals surface area contributed by atoms with E-state index < -0.39 is 8.67 Å². The molecule has 0 aromatic carbocycles. The average Bonchev–Trinajstić information content (AvgIpc) is 2.57. The maximum atomic E-state index is 11.8. The molecule has 26 heavy (non-hydrogen) atoms. The Hall–Kier alpha value is 0.1000. The molecule has 0 aliphatic carbocycles. The molecule has 0 aliphatic rings. The highest BCUT2D eigenvalue weighted by Crippen LogP contribution is 2.28. The first kappa shape index (κ1) is 26.1. The van der Waals surface area contributed by atoms with E-state index in [1.807, 2.05) is 0 Å². The van der Waals surface area contributed by atoms with Crippen molar-refractivity contribution in [3.05, 3.63) is 0 Å². The highest BCUT2D eigenvalue weighted by atomic mass is 35.5. The molecule has 0 spiro atoms. The summed E-state index contributed by atoms with van der Waals surface area (Å²) in [5, 5.41) is 5.35. The zero-order valence-electron chi connectivity index (χ0n) is 15.8. The van der Waals surface area contributed by atoms with Crippen LogP contribution in [0, 0.1) is 0 Å². The quantitative estimate of drug-likeness (QED) is 0.256. The lowest BCUT2D eigenvalue weighted by Gasteiger charge is -2.20. The summed E-state index contributed by atoms with van der Waals surface area (Å²) in [4.78, 5) is 23.7. The summed E-state index contributed by atoms with van der Waals surface area (Å²) in [5.74, 6) is -0.514. The summed E-state index contributed by atoms with van der Waals surface area (Å²) in [6.07, 6.45) is 7.47. The molecule has 8 heteroatoms. The smallest absolute Gasteiger partial charge is 0.220 e. The van der Waals surface area contributed by atoms with Crippen molar-refractivity contribution < 1.29 is 9.59 Å². The molecule has 0 heterocycles. The first-order chi connectivity index (χ1) is 12.1. The van der Waals surface area contributed by atoms with Gasteiger partial charge >= 0.3 is 0 Å². The van der Waals surface area contributed by atoms with Crippen LogP contribution >= 0.6 is 46.4 Å². The molecule has 0 unspecified atom stereocenters. The molecular weight excluding hydrogens is 418 g/mol. The van der Waals surface area contributed by atoms with Crippen LogP contribution in [0.1, 0.15) is 78.1 Å². The Labute approximate surface area is 178 Å². The lowest BCUT2D eigenvalue weighted by Crippen LogP contribution is -2.37. The highest BCUT2D eigenvalue weighted by Gasteiger charge is 2.25. The Morgan fingerprint density at radius 3 is 1.35 bits per heavy atom. The zero-order chi connectivity index (χ0) is 20.1. The third-order valence-electron chi connectivity index (χ3n) is 3.96. The van der Waals surface area contributed by atoms with Crippen molar-refractivity contribution in [1.82, 2.24) is 10.6 Å². The number of rotatable bonds is 15. The van der Waals surface area contributed by atoms with E-state index in [2.05, 4.69) is 24.5 Å². The number of alkyl halides is 4. The van der Waals surface area contributed by atoms with Gasteiger partial charge in [-0.2, -0.15) is 0 Å².